The fraction of sp³-hybridized carbons (Fsp3) is 0.200. The van der Waals surface area contributed by atoms with Crippen molar-refractivity contribution in [1.82, 2.24) is 19.7 Å². The molecule has 5 aromatic rings. The summed E-state index contributed by atoms with van der Waals surface area (Å²) in [7, 11) is 3.15. The van der Waals surface area contributed by atoms with Gasteiger partial charge in [0.1, 0.15) is 0 Å². The minimum atomic E-state index is -0.0537. The molecule has 0 aliphatic carbocycles. The zero-order valence-electron chi connectivity index (χ0n) is 19.1. The van der Waals surface area contributed by atoms with Crippen LogP contribution in [0, 0.1) is 0 Å². The third-order valence-corrected chi connectivity index (χ3v) is 7.32. The predicted octanol–water partition coefficient (Wildman–Crippen LogP) is 5.06. The van der Waals surface area contributed by atoms with Crippen LogP contribution in [0.5, 0.6) is 11.5 Å². The van der Waals surface area contributed by atoms with Crippen molar-refractivity contribution in [3.63, 3.8) is 0 Å². The van der Waals surface area contributed by atoms with Crippen LogP contribution in [-0.4, -0.2) is 33.9 Å². The third kappa shape index (κ3) is 4.80. The molecule has 8 nitrogen and oxygen atoms in total. The molecule has 0 aliphatic heterocycles. The lowest BCUT2D eigenvalue weighted by molar-refractivity contribution is 0.355. The number of hydrogen-bond acceptors (Lipinski definition) is 9. The van der Waals surface area contributed by atoms with Crippen molar-refractivity contribution < 1.29 is 14.0 Å². The number of rotatable bonds is 9. The van der Waals surface area contributed by atoms with E-state index in [1.165, 1.54) is 16.6 Å². The molecule has 0 fully saturated rings. The summed E-state index contributed by atoms with van der Waals surface area (Å²) in [5.74, 6) is 2.30. The molecule has 10 heteroatoms. The van der Waals surface area contributed by atoms with Crippen molar-refractivity contribution in [2.45, 2.75) is 23.9 Å². The number of thiophene rings is 1. The number of ether oxygens (including phenoxy) is 2. The van der Waals surface area contributed by atoms with E-state index < -0.39 is 0 Å². The molecule has 0 saturated heterocycles. The maximum Gasteiger partial charge on any atom is 0.262 e. The number of benzene rings is 2. The molecule has 0 radical (unpaired) electrons. The Morgan fingerprint density at radius 2 is 1.91 bits per heavy atom. The van der Waals surface area contributed by atoms with Crippen LogP contribution in [0.25, 0.3) is 22.3 Å². The van der Waals surface area contributed by atoms with E-state index in [9.17, 15) is 4.79 Å². The quantitative estimate of drug-likeness (QED) is 0.202. The topological polar surface area (TPSA) is 92.3 Å². The van der Waals surface area contributed by atoms with E-state index in [0.29, 0.717) is 57.1 Å². The van der Waals surface area contributed by atoms with Crippen molar-refractivity contribution in [1.29, 1.82) is 0 Å². The molecule has 0 bridgehead atoms. The van der Waals surface area contributed by atoms with Gasteiger partial charge in [0.2, 0.25) is 11.7 Å². The van der Waals surface area contributed by atoms with E-state index in [1.807, 2.05) is 47.8 Å². The van der Waals surface area contributed by atoms with E-state index >= 15 is 0 Å². The fourth-order valence-corrected chi connectivity index (χ4v) is 5.31. The predicted molar refractivity (Wildman–Crippen MR) is 136 cm³/mol. The van der Waals surface area contributed by atoms with E-state index in [-0.39, 0.29) is 5.56 Å². The summed E-state index contributed by atoms with van der Waals surface area (Å²) in [6.07, 6.45) is 0.755. The summed E-state index contributed by atoms with van der Waals surface area (Å²) in [4.78, 5) is 23.8. The first-order valence-electron chi connectivity index (χ1n) is 10.9. The van der Waals surface area contributed by atoms with Crippen molar-refractivity contribution in [3.05, 3.63) is 81.1 Å². The average Bonchev–Trinajstić information content (AvgIpc) is 3.59. The first-order chi connectivity index (χ1) is 17.2. The lowest BCUT2D eigenvalue weighted by atomic mass is 10.2. The molecule has 2 aromatic carbocycles. The van der Waals surface area contributed by atoms with Crippen molar-refractivity contribution in [3.8, 4) is 22.9 Å². The highest BCUT2D eigenvalue weighted by molar-refractivity contribution is 7.98. The first kappa shape index (κ1) is 23.1. The highest BCUT2D eigenvalue weighted by Crippen LogP contribution is 2.36. The Morgan fingerprint density at radius 1 is 1.03 bits per heavy atom. The molecule has 5 rings (SSSR count). The van der Waals surface area contributed by atoms with Gasteiger partial charge in [0.05, 0.1) is 36.4 Å². The lowest BCUT2D eigenvalue weighted by Crippen LogP contribution is -2.24. The number of thioether (sulfide) groups is 1. The minimum Gasteiger partial charge on any atom is -0.493 e. The highest BCUT2D eigenvalue weighted by Gasteiger charge is 2.18. The summed E-state index contributed by atoms with van der Waals surface area (Å²) in [6.45, 7) is 0.537. The van der Waals surface area contributed by atoms with Crippen LogP contribution in [0.3, 0.4) is 0 Å². The number of nitrogens with zero attached hydrogens (tertiary/aromatic N) is 4. The van der Waals surface area contributed by atoms with Crippen LogP contribution in [0.4, 0.5) is 0 Å². The maximum atomic E-state index is 13.3. The Balaban J connectivity index is 1.42. The van der Waals surface area contributed by atoms with Gasteiger partial charge in [-0.15, -0.1) is 11.3 Å². The first-order valence-corrected chi connectivity index (χ1v) is 12.7. The van der Waals surface area contributed by atoms with Gasteiger partial charge in [0, 0.05) is 11.4 Å². The average molecular weight is 507 g/mol. The summed E-state index contributed by atoms with van der Waals surface area (Å²) < 4.78 is 18.1. The Labute approximate surface area is 209 Å². The zero-order chi connectivity index (χ0) is 24.2. The third-order valence-electron chi connectivity index (χ3n) is 5.43. The van der Waals surface area contributed by atoms with Crippen LogP contribution in [0.1, 0.15) is 10.8 Å². The molecule has 0 amide bonds. The normalized spacial score (nSPS) is 11.1. The summed E-state index contributed by atoms with van der Waals surface area (Å²) in [5, 5.41) is 7.38. The Kier molecular flexibility index (Phi) is 6.82. The molecule has 178 valence electrons. The van der Waals surface area contributed by atoms with Crippen LogP contribution < -0.4 is 15.0 Å². The van der Waals surface area contributed by atoms with Gasteiger partial charge in [-0.3, -0.25) is 9.36 Å². The van der Waals surface area contributed by atoms with Crippen molar-refractivity contribution >= 4 is 34.0 Å². The highest BCUT2D eigenvalue weighted by atomic mass is 32.2. The fourth-order valence-electron chi connectivity index (χ4n) is 3.74. The number of aromatic nitrogens is 4. The van der Waals surface area contributed by atoms with Gasteiger partial charge in [-0.2, -0.15) is 4.98 Å². The van der Waals surface area contributed by atoms with E-state index in [0.717, 1.165) is 6.42 Å². The number of para-hydroxylation sites is 2. The number of fused-ring (bicyclic) bond motifs is 1. The molecule has 0 N–H and O–H groups in total. The van der Waals surface area contributed by atoms with Crippen LogP contribution in [0.15, 0.2) is 74.5 Å². The number of aryl methyl sites for hydroxylation is 1. The number of hydrogen-bond donors (Lipinski definition) is 0. The van der Waals surface area contributed by atoms with Crippen LogP contribution >= 0.6 is 23.1 Å². The second kappa shape index (κ2) is 10.3. The molecular formula is C25H22N4O4S2. The minimum absolute atomic E-state index is 0.0537. The summed E-state index contributed by atoms with van der Waals surface area (Å²) in [5.41, 5.74) is 1.28. The van der Waals surface area contributed by atoms with E-state index in [1.54, 1.807) is 36.2 Å². The SMILES string of the molecule is COc1cccc(-c2noc(CSc3nc4ccccc4c(=O)n3CCc3cccs3)n2)c1OC. The largest absolute Gasteiger partial charge is 0.493 e. The Hall–Kier alpha value is -3.63. The Morgan fingerprint density at radius 3 is 2.71 bits per heavy atom. The smallest absolute Gasteiger partial charge is 0.262 e. The van der Waals surface area contributed by atoms with Crippen molar-refractivity contribution in [2.75, 3.05) is 14.2 Å². The maximum absolute atomic E-state index is 13.3. The molecule has 3 aromatic heterocycles. The van der Waals surface area contributed by atoms with Gasteiger partial charge < -0.3 is 14.0 Å². The van der Waals surface area contributed by atoms with Gasteiger partial charge in [0.25, 0.3) is 5.56 Å². The molecule has 35 heavy (non-hydrogen) atoms. The number of methoxy groups -OCH3 is 2. The molecular weight excluding hydrogens is 484 g/mol. The zero-order valence-corrected chi connectivity index (χ0v) is 20.8. The second-order valence-corrected chi connectivity index (χ2v) is 9.51. The molecule has 0 saturated carbocycles. The van der Waals surface area contributed by atoms with Gasteiger partial charge in [-0.05, 0) is 42.1 Å². The van der Waals surface area contributed by atoms with Gasteiger partial charge in [-0.25, -0.2) is 4.98 Å². The lowest BCUT2D eigenvalue weighted by Gasteiger charge is -2.12. The standard InChI is InChI=1S/C25H22N4O4S2/c1-31-20-11-5-9-18(22(20)32-2)23-27-21(33-28-23)15-35-25-26-19-10-4-3-8-17(19)24(30)29(25)13-12-16-7-6-14-34-16/h3-11,14H,12-13,15H2,1-2H3. The molecule has 0 atom stereocenters. The van der Waals surface area contributed by atoms with Crippen LogP contribution in [0.2, 0.25) is 0 Å². The molecule has 0 unspecified atom stereocenters. The van der Waals surface area contributed by atoms with Crippen molar-refractivity contribution in [2.24, 2.45) is 0 Å². The molecule has 3 heterocycles. The Bertz CT molecular complexity index is 1510. The summed E-state index contributed by atoms with van der Waals surface area (Å²) in [6, 6.07) is 17.0. The summed E-state index contributed by atoms with van der Waals surface area (Å²) >= 11 is 3.07. The molecule has 0 aliphatic rings. The second-order valence-electron chi connectivity index (χ2n) is 7.54. The monoisotopic (exact) mass is 506 g/mol. The van der Waals surface area contributed by atoms with Crippen LogP contribution in [-0.2, 0) is 18.7 Å². The van der Waals surface area contributed by atoms with E-state index in [2.05, 4.69) is 16.2 Å². The van der Waals surface area contributed by atoms with Gasteiger partial charge >= 0.3 is 0 Å². The van der Waals surface area contributed by atoms with Gasteiger partial charge in [0.15, 0.2) is 16.7 Å². The van der Waals surface area contributed by atoms with E-state index in [4.69, 9.17) is 19.0 Å². The van der Waals surface area contributed by atoms with Gasteiger partial charge in [-0.1, -0.05) is 41.2 Å². The molecule has 0 spiro atoms.